The molecule has 2 aromatic rings. The highest BCUT2D eigenvalue weighted by atomic mass is 32.1. The number of ether oxygens (including phenoxy) is 1. The molecule has 1 aliphatic heterocycles. The monoisotopic (exact) mass is 331 g/mol. The summed E-state index contributed by atoms with van der Waals surface area (Å²) in [6.07, 6.45) is 4.12. The lowest BCUT2D eigenvalue weighted by Gasteiger charge is -2.26. The lowest BCUT2D eigenvalue weighted by molar-refractivity contribution is -0.128. The number of nitrogens with one attached hydrogen (secondary N) is 1. The van der Waals surface area contributed by atoms with Crippen LogP contribution in [-0.4, -0.2) is 29.6 Å². The number of aromatic nitrogens is 1. The average Bonchev–Trinajstić information content (AvgIpc) is 3.20. The minimum atomic E-state index is -0.977. The first-order valence-electron chi connectivity index (χ1n) is 7.79. The second-order valence-corrected chi connectivity index (χ2v) is 6.99. The first-order valence-corrected chi connectivity index (χ1v) is 8.67. The standard InChI is InChI=1S/C17H21N3O2S/c1-17(2,15(21)19-16-18-8-11-23-16)22-14-7-5-6-13(12-14)20-9-3-4-10-20/h5-8,11-12H,3-4,9-10H2,1-2H3,(H,18,19,21). The van der Waals surface area contributed by atoms with Gasteiger partial charge in [-0.25, -0.2) is 4.98 Å². The molecule has 23 heavy (non-hydrogen) atoms. The van der Waals surface area contributed by atoms with Gasteiger partial charge in [0.25, 0.3) is 5.91 Å². The zero-order chi connectivity index (χ0) is 16.3. The lowest BCUT2D eigenvalue weighted by Crippen LogP contribution is -2.42. The maximum atomic E-state index is 12.4. The van der Waals surface area contributed by atoms with Gasteiger partial charge in [-0.15, -0.1) is 11.3 Å². The van der Waals surface area contributed by atoms with Gasteiger partial charge in [-0.05, 0) is 38.8 Å². The molecule has 0 unspecified atom stereocenters. The maximum Gasteiger partial charge on any atom is 0.269 e. The van der Waals surface area contributed by atoms with Gasteiger partial charge in [0, 0.05) is 36.4 Å². The molecular formula is C17H21N3O2S. The van der Waals surface area contributed by atoms with Crippen LogP contribution in [0, 0.1) is 0 Å². The van der Waals surface area contributed by atoms with E-state index in [9.17, 15) is 4.79 Å². The molecule has 0 radical (unpaired) electrons. The Morgan fingerprint density at radius 3 is 2.83 bits per heavy atom. The van der Waals surface area contributed by atoms with Crippen LogP contribution in [-0.2, 0) is 4.79 Å². The predicted molar refractivity (Wildman–Crippen MR) is 93.3 cm³/mol. The summed E-state index contributed by atoms with van der Waals surface area (Å²) in [4.78, 5) is 18.8. The zero-order valence-electron chi connectivity index (χ0n) is 13.4. The number of hydrogen-bond acceptors (Lipinski definition) is 5. The first kappa shape index (κ1) is 15.8. The highest BCUT2D eigenvalue weighted by Gasteiger charge is 2.30. The van der Waals surface area contributed by atoms with Crippen LogP contribution >= 0.6 is 11.3 Å². The summed E-state index contributed by atoms with van der Waals surface area (Å²) in [6.45, 7) is 5.69. The summed E-state index contributed by atoms with van der Waals surface area (Å²) in [6, 6.07) is 7.94. The van der Waals surface area contributed by atoms with E-state index in [4.69, 9.17) is 4.74 Å². The van der Waals surface area contributed by atoms with E-state index in [0.717, 1.165) is 18.8 Å². The second kappa shape index (κ2) is 6.58. The topological polar surface area (TPSA) is 54.5 Å². The third-order valence-electron chi connectivity index (χ3n) is 3.86. The van der Waals surface area contributed by atoms with E-state index in [2.05, 4.69) is 21.3 Å². The Balaban J connectivity index is 1.69. The van der Waals surface area contributed by atoms with Gasteiger partial charge in [-0.3, -0.25) is 10.1 Å². The second-order valence-electron chi connectivity index (χ2n) is 6.10. The van der Waals surface area contributed by atoms with E-state index >= 15 is 0 Å². The van der Waals surface area contributed by atoms with Crippen LogP contribution in [0.1, 0.15) is 26.7 Å². The predicted octanol–water partition coefficient (Wildman–Crippen LogP) is 3.54. The highest BCUT2D eigenvalue weighted by Crippen LogP contribution is 2.27. The van der Waals surface area contributed by atoms with Crippen molar-refractivity contribution in [1.82, 2.24) is 4.98 Å². The van der Waals surface area contributed by atoms with Gasteiger partial charge < -0.3 is 9.64 Å². The maximum absolute atomic E-state index is 12.4. The SMILES string of the molecule is CC(C)(Oc1cccc(N2CCCC2)c1)C(=O)Nc1nccs1. The van der Waals surface area contributed by atoms with Crippen molar-refractivity contribution in [3.63, 3.8) is 0 Å². The van der Waals surface area contributed by atoms with Crippen molar-refractivity contribution in [1.29, 1.82) is 0 Å². The van der Waals surface area contributed by atoms with Crippen molar-refractivity contribution in [2.75, 3.05) is 23.3 Å². The summed E-state index contributed by atoms with van der Waals surface area (Å²) in [5.41, 5.74) is 0.172. The van der Waals surface area contributed by atoms with Crippen LogP contribution in [0.15, 0.2) is 35.8 Å². The van der Waals surface area contributed by atoms with Crippen molar-refractivity contribution in [2.24, 2.45) is 0 Å². The van der Waals surface area contributed by atoms with Crippen molar-refractivity contribution < 1.29 is 9.53 Å². The molecule has 1 aromatic heterocycles. The van der Waals surface area contributed by atoms with Crippen molar-refractivity contribution in [3.8, 4) is 5.75 Å². The number of rotatable bonds is 5. The molecule has 1 aromatic carbocycles. The molecule has 0 bridgehead atoms. The van der Waals surface area contributed by atoms with Gasteiger partial charge in [0.05, 0.1) is 0 Å². The van der Waals surface area contributed by atoms with E-state index in [-0.39, 0.29) is 5.91 Å². The van der Waals surface area contributed by atoms with Crippen LogP contribution in [0.5, 0.6) is 5.75 Å². The quantitative estimate of drug-likeness (QED) is 0.910. The van der Waals surface area contributed by atoms with Crippen molar-refractivity contribution in [3.05, 3.63) is 35.8 Å². The Morgan fingerprint density at radius 1 is 1.35 bits per heavy atom. The molecule has 3 rings (SSSR count). The third kappa shape index (κ3) is 3.82. The summed E-state index contributed by atoms with van der Waals surface area (Å²) >= 11 is 1.39. The van der Waals surface area contributed by atoms with Crippen molar-refractivity contribution in [2.45, 2.75) is 32.3 Å². The van der Waals surface area contributed by atoms with E-state index in [1.165, 1.54) is 24.2 Å². The number of amides is 1. The van der Waals surface area contributed by atoms with Crippen LogP contribution in [0.4, 0.5) is 10.8 Å². The number of thiazole rings is 1. The fraction of sp³-hybridized carbons (Fsp3) is 0.412. The number of nitrogens with zero attached hydrogens (tertiary/aromatic N) is 2. The fourth-order valence-corrected chi connectivity index (χ4v) is 3.12. The highest BCUT2D eigenvalue weighted by molar-refractivity contribution is 7.13. The molecule has 1 aliphatic rings. The van der Waals surface area contributed by atoms with Gasteiger partial charge in [-0.2, -0.15) is 0 Å². The molecule has 1 amide bonds. The minimum absolute atomic E-state index is 0.209. The molecule has 1 N–H and O–H groups in total. The van der Waals surface area contributed by atoms with E-state index in [0.29, 0.717) is 10.9 Å². The van der Waals surface area contributed by atoms with Crippen molar-refractivity contribution >= 4 is 28.1 Å². The molecule has 0 aliphatic carbocycles. The third-order valence-corrected chi connectivity index (χ3v) is 4.55. The summed E-state index contributed by atoms with van der Waals surface area (Å²) in [5, 5.41) is 5.19. The van der Waals surface area contributed by atoms with Gasteiger partial charge in [0.2, 0.25) is 0 Å². The normalized spacial score (nSPS) is 14.8. The number of carbonyl (C=O) groups is 1. The van der Waals surface area contributed by atoms with Gasteiger partial charge in [0.15, 0.2) is 10.7 Å². The molecule has 1 fully saturated rings. The Hall–Kier alpha value is -2.08. The van der Waals surface area contributed by atoms with Crippen LogP contribution in [0.25, 0.3) is 0 Å². The average molecular weight is 331 g/mol. The Labute approximate surface area is 140 Å². The molecule has 6 heteroatoms. The molecule has 2 heterocycles. The lowest BCUT2D eigenvalue weighted by atomic mass is 10.1. The van der Waals surface area contributed by atoms with E-state index < -0.39 is 5.60 Å². The molecule has 1 saturated heterocycles. The molecule has 0 atom stereocenters. The van der Waals surface area contributed by atoms with Gasteiger partial charge in [-0.1, -0.05) is 6.07 Å². The zero-order valence-corrected chi connectivity index (χ0v) is 14.2. The smallest absolute Gasteiger partial charge is 0.269 e. The van der Waals surface area contributed by atoms with Crippen LogP contribution < -0.4 is 15.0 Å². The van der Waals surface area contributed by atoms with E-state index in [1.807, 2.05) is 23.6 Å². The first-order chi connectivity index (χ1) is 11.0. The molecule has 5 nitrogen and oxygen atoms in total. The summed E-state index contributed by atoms with van der Waals surface area (Å²) in [7, 11) is 0. The van der Waals surface area contributed by atoms with Gasteiger partial charge >= 0.3 is 0 Å². The Bertz CT molecular complexity index is 664. The molecule has 0 spiro atoms. The number of anilines is 2. The van der Waals surface area contributed by atoms with E-state index in [1.54, 1.807) is 20.0 Å². The minimum Gasteiger partial charge on any atom is -0.478 e. The number of benzene rings is 1. The van der Waals surface area contributed by atoms with Crippen LogP contribution in [0.3, 0.4) is 0 Å². The summed E-state index contributed by atoms with van der Waals surface area (Å²) in [5.74, 6) is 0.493. The largest absolute Gasteiger partial charge is 0.478 e. The Morgan fingerprint density at radius 2 is 2.13 bits per heavy atom. The molecule has 0 saturated carbocycles. The van der Waals surface area contributed by atoms with Crippen LogP contribution in [0.2, 0.25) is 0 Å². The number of hydrogen-bond donors (Lipinski definition) is 1. The van der Waals surface area contributed by atoms with Gasteiger partial charge in [0.1, 0.15) is 5.75 Å². The summed E-state index contributed by atoms with van der Waals surface area (Å²) < 4.78 is 5.95. The fourth-order valence-electron chi connectivity index (χ4n) is 2.59. The molecule has 122 valence electrons. The molecular weight excluding hydrogens is 310 g/mol. The Kier molecular flexibility index (Phi) is 4.52. The number of carbonyl (C=O) groups excluding carboxylic acids is 1.